The van der Waals surface area contributed by atoms with Crippen LogP contribution in [0.4, 0.5) is 13.2 Å². The SMILES string of the molecule is CCOC(=O)[C@@](O)(C#CC(C)(C)C)C(F)(F)F. The molecule has 6 heteroatoms. The molecule has 0 radical (unpaired) electrons. The molecular weight excluding hydrogens is 237 g/mol. The highest BCUT2D eigenvalue weighted by Gasteiger charge is 2.60. The van der Waals surface area contributed by atoms with E-state index in [-0.39, 0.29) is 6.61 Å². The van der Waals surface area contributed by atoms with Gasteiger partial charge in [0, 0.05) is 5.41 Å². The fraction of sp³-hybridized carbons (Fsp3) is 0.727. The molecule has 0 aromatic rings. The average Bonchev–Trinajstić information content (AvgIpc) is 2.11. The highest BCUT2D eigenvalue weighted by molar-refractivity contribution is 5.84. The van der Waals surface area contributed by atoms with E-state index >= 15 is 0 Å². The second-order valence-electron chi connectivity index (χ2n) is 4.43. The van der Waals surface area contributed by atoms with Crippen molar-refractivity contribution in [2.24, 2.45) is 5.41 Å². The minimum atomic E-state index is -5.20. The summed E-state index contributed by atoms with van der Waals surface area (Å²) in [5.41, 5.74) is -4.54. The molecule has 1 atom stereocenters. The van der Waals surface area contributed by atoms with Crippen LogP contribution in [0, 0.1) is 17.3 Å². The number of alkyl halides is 3. The molecule has 0 aromatic carbocycles. The van der Waals surface area contributed by atoms with Gasteiger partial charge in [0.15, 0.2) is 0 Å². The second kappa shape index (κ2) is 4.96. The molecule has 0 bridgehead atoms. The molecule has 0 aliphatic rings. The largest absolute Gasteiger partial charge is 0.463 e. The molecule has 98 valence electrons. The maximum absolute atomic E-state index is 12.6. The first-order valence-corrected chi connectivity index (χ1v) is 4.94. The van der Waals surface area contributed by atoms with E-state index in [2.05, 4.69) is 10.7 Å². The Kier molecular flexibility index (Phi) is 4.61. The number of carbonyl (C=O) groups is 1. The van der Waals surface area contributed by atoms with Crippen molar-refractivity contribution in [2.45, 2.75) is 39.5 Å². The molecule has 0 heterocycles. The lowest BCUT2D eigenvalue weighted by Crippen LogP contribution is -2.52. The standard InChI is InChI=1S/C11H15F3O3/c1-5-17-8(15)10(16,11(12,13)14)7-6-9(2,3)4/h16H,5H2,1-4H3/t10-/m0/s1. The Bertz CT molecular complexity index is 344. The molecule has 0 fully saturated rings. The normalized spacial score (nSPS) is 15.5. The van der Waals surface area contributed by atoms with Gasteiger partial charge in [0.1, 0.15) is 0 Å². The van der Waals surface area contributed by atoms with Crippen molar-refractivity contribution in [1.82, 2.24) is 0 Å². The van der Waals surface area contributed by atoms with E-state index in [1.54, 1.807) is 26.7 Å². The highest BCUT2D eigenvalue weighted by atomic mass is 19.4. The van der Waals surface area contributed by atoms with Gasteiger partial charge in [-0.25, -0.2) is 4.79 Å². The van der Waals surface area contributed by atoms with Gasteiger partial charge in [-0.2, -0.15) is 13.2 Å². The van der Waals surface area contributed by atoms with Crippen LogP contribution in [-0.4, -0.2) is 29.5 Å². The quantitative estimate of drug-likeness (QED) is 0.603. The van der Waals surface area contributed by atoms with Gasteiger partial charge in [0.05, 0.1) is 6.61 Å². The Labute approximate surface area is 98.0 Å². The summed E-state index contributed by atoms with van der Waals surface area (Å²) in [6, 6.07) is 0. The van der Waals surface area contributed by atoms with Crippen LogP contribution >= 0.6 is 0 Å². The average molecular weight is 252 g/mol. The van der Waals surface area contributed by atoms with Crippen LogP contribution in [0.1, 0.15) is 27.7 Å². The fourth-order valence-corrected chi connectivity index (χ4v) is 0.751. The number of hydrogen-bond donors (Lipinski definition) is 1. The zero-order chi connectivity index (χ0) is 13.9. The topological polar surface area (TPSA) is 46.5 Å². The summed E-state index contributed by atoms with van der Waals surface area (Å²) in [5.74, 6) is 1.95. The summed E-state index contributed by atoms with van der Waals surface area (Å²) in [5, 5.41) is 9.34. The van der Waals surface area contributed by atoms with Crippen LogP contribution in [0.5, 0.6) is 0 Å². The molecule has 17 heavy (non-hydrogen) atoms. The molecule has 0 aliphatic heterocycles. The van der Waals surface area contributed by atoms with Crippen molar-refractivity contribution in [3.8, 4) is 11.8 Å². The van der Waals surface area contributed by atoms with Gasteiger partial charge >= 0.3 is 17.7 Å². The minimum absolute atomic E-state index is 0.269. The lowest BCUT2D eigenvalue weighted by molar-refractivity contribution is -0.242. The van der Waals surface area contributed by atoms with E-state index in [0.29, 0.717) is 0 Å². The smallest absolute Gasteiger partial charge is 0.440 e. The second-order valence-corrected chi connectivity index (χ2v) is 4.43. The summed E-state index contributed by atoms with van der Waals surface area (Å²) in [6.07, 6.45) is -5.20. The van der Waals surface area contributed by atoms with Gasteiger partial charge < -0.3 is 9.84 Å². The molecule has 3 nitrogen and oxygen atoms in total. The van der Waals surface area contributed by atoms with Crippen molar-refractivity contribution < 1.29 is 27.8 Å². The van der Waals surface area contributed by atoms with E-state index in [4.69, 9.17) is 0 Å². The van der Waals surface area contributed by atoms with Gasteiger partial charge in [0.2, 0.25) is 0 Å². The predicted molar refractivity (Wildman–Crippen MR) is 54.9 cm³/mol. The summed E-state index contributed by atoms with van der Waals surface area (Å²) >= 11 is 0. The maximum Gasteiger partial charge on any atom is 0.440 e. The molecular formula is C11H15F3O3. The van der Waals surface area contributed by atoms with E-state index in [1.165, 1.54) is 6.92 Å². The van der Waals surface area contributed by atoms with Gasteiger partial charge in [-0.3, -0.25) is 0 Å². The van der Waals surface area contributed by atoms with Crippen molar-refractivity contribution in [3.05, 3.63) is 0 Å². The Morgan fingerprint density at radius 3 is 2.00 bits per heavy atom. The molecule has 1 N–H and O–H groups in total. The summed E-state index contributed by atoms with van der Waals surface area (Å²) in [4.78, 5) is 11.1. The number of hydrogen-bond acceptors (Lipinski definition) is 3. The molecule has 0 aliphatic carbocycles. The number of halogens is 3. The van der Waals surface area contributed by atoms with Gasteiger partial charge in [0.25, 0.3) is 0 Å². The molecule has 0 rings (SSSR count). The maximum atomic E-state index is 12.6. The molecule has 0 unspecified atom stereocenters. The van der Waals surface area contributed by atoms with Crippen molar-refractivity contribution in [2.75, 3.05) is 6.61 Å². The lowest BCUT2D eigenvalue weighted by Gasteiger charge is -2.23. The Morgan fingerprint density at radius 2 is 1.71 bits per heavy atom. The molecule has 0 saturated heterocycles. The van der Waals surface area contributed by atoms with Crippen LogP contribution in [0.2, 0.25) is 0 Å². The summed E-state index contributed by atoms with van der Waals surface area (Å²) in [7, 11) is 0. The molecule has 0 saturated carbocycles. The number of rotatable bonds is 2. The van der Waals surface area contributed by atoms with Crippen LogP contribution in [0.3, 0.4) is 0 Å². The highest BCUT2D eigenvalue weighted by Crippen LogP contribution is 2.31. The minimum Gasteiger partial charge on any atom is -0.463 e. The van der Waals surface area contributed by atoms with Crippen molar-refractivity contribution >= 4 is 5.97 Å². The van der Waals surface area contributed by atoms with Gasteiger partial charge in [-0.1, -0.05) is 5.92 Å². The third kappa shape index (κ3) is 4.27. The van der Waals surface area contributed by atoms with Crippen molar-refractivity contribution in [3.63, 3.8) is 0 Å². The third-order valence-electron chi connectivity index (χ3n) is 1.60. The molecule has 0 amide bonds. The summed E-state index contributed by atoms with van der Waals surface area (Å²) in [6.45, 7) is 5.74. The first-order valence-electron chi connectivity index (χ1n) is 4.94. The van der Waals surface area contributed by atoms with Crippen LogP contribution < -0.4 is 0 Å². The molecule has 0 spiro atoms. The molecule has 0 aromatic heterocycles. The Hall–Kier alpha value is -1.22. The summed E-state index contributed by atoms with van der Waals surface area (Å²) < 4.78 is 42.0. The van der Waals surface area contributed by atoms with E-state index < -0.39 is 23.2 Å². The first kappa shape index (κ1) is 15.8. The van der Waals surface area contributed by atoms with Crippen LogP contribution in [0.15, 0.2) is 0 Å². The van der Waals surface area contributed by atoms with Crippen molar-refractivity contribution in [1.29, 1.82) is 0 Å². The number of aliphatic hydroxyl groups is 1. The van der Waals surface area contributed by atoms with E-state index in [0.717, 1.165) is 0 Å². The fourth-order valence-electron chi connectivity index (χ4n) is 0.751. The number of ether oxygens (including phenoxy) is 1. The number of carbonyl (C=O) groups excluding carboxylic acids is 1. The zero-order valence-corrected chi connectivity index (χ0v) is 10.1. The Morgan fingerprint density at radius 1 is 1.24 bits per heavy atom. The first-order chi connectivity index (χ1) is 7.44. The van der Waals surface area contributed by atoms with Gasteiger partial charge in [-0.15, -0.1) is 0 Å². The predicted octanol–water partition coefficient (Wildman–Crippen LogP) is 1.89. The van der Waals surface area contributed by atoms with Crippen LogP contribution in [-0.2, 0) is 9.53 Å². The third-order valence-corrected chi connectivity index (χ3v) is 1.60. The number of esters is 1. The van der Waals surface area contributed by atoms with Crippen LogP contribution in [0.25, 0.3) is 0 Å². The monoisotopic (exact) mass is 252 g/mol. The zero-order valence-electron chi connectivity index (χ0n) is 10.1. The van der Waals surface area contributed by atoms with E-state index in [9.17, 15) is 23.1 Å². The Balaban J connectivity index is 5.41. The van der Waals surface area contributed by atoms with Gasteiger partial charge in [-0.05, 0) is 33.6 Å². The van der Waals surface area contributed by atoms with E-state index in [1.807, 2.05) is 0 Å². The lowest BCUT2D eigenvalue weighted by atomic mass is 9.95.